The van der Waals surface area contributed by atoms with Gasteiger partial charge in [0.25, 0.3) is 0 Å². The Morgan fingerprint density at radius 2 is 2.13 bits per heavy atom. The molecule has 0 radical (unpaired) electrons. The van der Waals surface area contributed by atoms with Gasteiger partial charge >= 0.3 is 5.97 Å². The maximum absolute atomic E-state index is 12.9. The Morgan fingerprint density at radius 3 is 2.73 bits per heavy atom. The molecule has 0 heterocycles. The molecule has 0 aliphatic carbocycles. The van der Waals surface area contributed by atoms with Crippen LogP contribution in [-0.2, 0) is 11.4 Å². The Morgan fingerprint density at radius 1 is 1.40 bits per heavy atom. The van der Waals surface area contributed by atoms with Crippen molar-refractivity contribution in [2.24, 2.45) is 0 Å². The number of rotatable bonds is 2. The van der Waals surface area contributed by atoms with Gasteiger partial charge in [-0.25, -0.2) is 4.39 Å². The number of aliphatic hydroxyl groups excluding tert-OH is 1. The standard InChI is InChI=1S/C11H9FO3/c12-10-5-8(2-1-3-11(14)15)4-9(6-10)7-13/h4-6,13H,3,7H2,(H,14,15). The van der Waals surface area contributed by atoms with E-state index < -0.39 is 11.8 Å². The van der Waals surface area contributed by atoms with Gasteiger partial charge in [0.1, 0.15) is 12.2 Å². The van der Waals surface area contributed by atoms with E-state index in [2.05, 4.69) is 11.8 Å². The van der Waals surface area contributed by atoms with Gasteiger partial charge in [-0.2, -0.15) is 0 Å². The maximum atomic E-state index is 12.9. The minimum absolute atomic E-state index is 0.272. The number of hydrogen-bond acceptors (Lipinski definition) is 2. The van der Waals surface area contributed by atoms with Crippen molar-refractivity contribution in [2.45, 2.75) is 13.0 Å². The van der Waals surface area contributed by atoms with E-state index in [0.29, 0.717) is 11.1 Å². The van der Waals surface area contributed by atoms with E-state index in [1.54, 1.807) is 0 Å². The number of carboxylic acids is 1. The maximum Gasteiger partial charge on any atom is 0.315 e. The first-order valence-electron chi connectivity index (χ1n) is 4.23. The summed E-state index contributed by atoms with van der Waals surface area (Å²) in [7, 11) is 0. The minimum Gasteiger partial charge on any atom is -0.481 e. The van der Waals surface area contributed by atoms with Gasteiger partial charge in [-0.1, -0.05) is 11.8 Å². The van der Waals surface area contributed by atoms with Crippen LogP contribution in [0.5, 0.6) is 0 Å². The molecule has 3 nitrogen and oxygen atoms in total. The Bertz CT molecular complexity index is 429. The number of halogens is 1. The predicted octanol–water partition coefficient (Wildman–Crippen LogP) is 1.14. The smallest absolute Gasteiger partial charge is 0.315 e. The molecule has 0 saturated heterocycles. The molecule has 2 N–H and O–H groups in total. The highest BCUT2D eigenvalue weighted by Gasteiger charge is 1.97. The first-order chi connectivity index (χ1) is 7.11. The van der Waals surface area contributed by atoms with Gasteiger partial charge in [-0.15, -0.1) is 0 Å². The van der Waals surface area contributed by atoms with Crippen LogP contribution in [0.2, 0.25) is 0 Å². The predicted molar refractivity (Wildman–Crippen MR) is 51.5 cm³/mol. The second kappa shape index (κ2) is 5.13. The summed E-state index contributed by atoms with van der Waals surface area (Å²) in [6, 6.07) is 3.90. The van der Waals surface area contributed by atoms with Crippen LogP contribution in [0.15, 0.2) is 18.2 Å². The van der Waals surface area contributed by atoms with Crippen LogP contribution in [0.3, 0.4) is 0 Å². The van der Waals surface area contributed by atoms with Crippen LogP contribution in [0, 0.1) is 17.7 Å². The fourth-order valence-corrected chi connectivity index (χ4v) is 1.04. The summed E-state index contributed by atoms with van der Waals surface area (Å²) < 4.78 is 12.9. The highest BCUT2D eigenvalue weighted by Crippen LogP contribution is 2.08. The number of hydrogen-bond donors (Lipinski definition) is 2. The summed E-state index contributed by atoms with van der Waals surface area (Å²) in [5.41, 5.74) is 0.773. The quantitative estimate of drug-likeness (QED) is 0.716. The average Bonchev–Trinajstić information content (AvgIpc) is 2.16. The summed E-state index contributed by atoms with van der Waals surface area (Å²) in [6.45, 7) is -0.272. The third kappa shape index (κ3) is 3.79. The van der Waals surface area contributed by atoms with Gasteiger partial charge in [0.2, 0.25) is 0 Å². The third-order valence-corrected chi connectivity index (χ3v) is 1.61. The van der Waals surface area contributed by atoms with Crippen LogP contribution in [-0.4, -0.2) is 16.2 Å². The van der Waals surface area contributed by atoms with Gasteiger partial charge in [0.15, 0.2) is 0 Å². The summed E-state index contributed by atoms with van der Waals surface area (Å²) in [5, 5.41) is 17.1. The first-order valence-corrected chi connectivity index (χ1v) is 4.23. The highest BCUT2D eigenvalue weighted by atomic mass is 19.1. The third-order valence-electron chi connectivity index (χ3n) is 1.61. The second-order valence-corrected chi connectivity index (χ2v) is 2.88. The number of carbonyl (C=O) groups is 1. The molecule has 15 heavy (non-hydrogen) atoms. The average molecular weight is 208 g/mol. The van der Waals surface area contributed by atoms with E-state index in [9.17, 15) is 9.18 Å². The van der Waals surface area contributed by atoms with Crippen molar-refractivity contribution in [2.75, 3.05) is 0 Å². The molecule has 0 unspecified atom stereocenters. The molecule has 0 aliphatic heterocycles. The van der Waals surface area contributed by atoms with Crippen LogP contribution in [0.25, 0.3) is 0 Å². The molecule has 1 aromatic carbocycles. The largest absolute Gasteiger partial charge is 0.481 e. The topological polar surface area (TPSA) is 57.5 Å². The summed E-state index contributed by atoms with van der Waals surface area (Å²) in [5.74, 6) is 3.37. The Labute approximate surface area is 86.2 Å². The van der Waals surface area contributed by atoms with Crippen molar-refractivity contribution in [3.63, 3.8) is 0 Å². The lowest BCUT2D eigenvalue weighted by atomic mass is 10.1. The van der Waals surface area contributed by atoms with E-state index in [1.807, 2.05) is 0 Å². The second-order valence-electron chi connectivity index (χ2n) is 2.88. The van der Waals surface area contributed by atoms with E-state index in [4.69, 9.17) is 10.2 Å². The fraction of sp³-hybridized carbons (Fsp3) is 0.182. The van der Waals surface area contributed by atoms with Crippen LogP contribution >= 0.6 is 0 Å². The van der Waals surface area contributed by atoms with E-state index in [-0.39, 0.29) is 13.0 Å². The zero-order valence-electron chi connectivity index (χ0n) is 7.83. The van der Waals surface area contributed by atoms with Crippen molar-refractivity contribution in [1.82, 2.24) is 0 Å². The minimum atomic E-state index is -1.03. The van der Waals surface area contributed by atoms with Crippen LogP contribution in [0.4, 0.5) is 4.39 Å². The molecule has 0 spiro atoms. The van der Waals surface area contributed by atoms with E-state index in [1.165, 1.54) is 18.2 Å². The van der Waals surface area contributed by atoms with Gasteiger partial charge < -0.3 is 10.2 Å². The molecule has 0 saturated carbocycles. The molecular weight excluding hydrogens is 199 g/mol. The molecule has 4 heteroatoms. The monoisotopic (exact) mass is 208 g/mol. The molecule has 0 amide bonds. The molecular formula is C11H9FO3. The molecule has 0 atom stereocenters. The normalized spacial score (nSPS) is 9.20. The van der Waals surface area contributed by atoms with Crippen LogP contribution < -0.4 is 0 Å². The summed E-state index contributed by atoms with van der Waals surface area (Å²) in [4.78, 5) is 10.2. The zero-order valence-corrected chi connectivity index (χ0v) is 7.83. The van der Waals surface area contributed by atoms with Crippen molar-refractivity contribution in [3.8, 4) is 11.8 Å². The zero-order chi connectivity index (χ0) is 11.3. The molecule has 78 valence electrons. The SMILES string of the molecule is O=C(O)CC#Cc1cc(F)cc(CO)c1. The van der Waals surface area contributed by atoms with Gasteiger partial charge in [-0.3, -0.25) is 4.79 Å². The van der Waals surface area contributed by atoms with Crippen molar-refractivity contribution >= 4 is 5.97 Å². The highest BCUT2D eigenvalue weighted by molar-refractivity contribution is 5.70. The van der Waals surface area contributed by atoms with Gasteiger partial charge in [-0.05, 0) is 23.8 Å². The number of carboxylic acid groups (broad SMARTS) is 1. The lowest BCUT2D eigenvalue weighted by molar-refractivity contribution is -0.135. The summed E-state index contributed by atoms with van der Waals surface area (Å²) in [6.07, 6.45) is -0.287. The van der Waals surface area contributed by atoms with Crippen molar-refractivity contribution in [3.05, 3.63) is 35.1 Å². The van der Waals surface area contributed by atoms with Crippen LogP contribution in [0.1, 0.15) is 17.5 Å². The molecule has 0 fully saturated rings. The Balaban J connectivity index is 2.88. The molecule has 0 aliphatic rings. The van der Waals surface area contributed by atoms with Gasteiger partial charge in [0.05, 0.1) is 6.61 Å². The van der Waals surface area contributed by atoms with Crippen molar-refractivity contribution in [1.29, 1.82) is 0 Å². The number of aliphatic carboxylic acids is 1. The summed E-state index contributed by atoms with van der Waals surface area (Å²) >= 11 is 0. The van der Waals surface area contributed by atoms with E-state index >= 15 is 0 Å². The number of benzene rings is 1. The molecule has 0 aromatic heterocycles. The Kier molecular flexibility index (Phi) is 3.83. The molecule has 1 aromatic rings. The van der Waals surface area contributed by atoms with Crippen molar-refractivity contribution < 1.29 is 19.4 Å². The fourth-order valence-electron chi connectivity index (χ4n) is 1.04. The number of aliphatic hydroxyl groups is 1. The molecule has 0 bridgehead atoms. The lowest BCUT2D eigenvalue weighted by Crippen LogP contribution is -1.91. The van der Waals surface area contributed by atoms with E-state index in [0.717, 1.165) is 0 Å². The lowest BCUT2D eigenvalue weighted by Gasteiger charge is -1.97. The Hall–Kier alpha value is -1.86. The van der Waals surface area contributed by atoms with Gasteiger partial charge in [0, 0.05) is 5.56 Å². The molecule has 1 rings (SSSR count). The first kappa shape index (κ1) is 11.2.